The summed E-state index contributed by atoms with van der Waals surface area (Å²) in [7, 11) is 0. The molecule has 0 bridgehead atoms. The maximum atomic E-state index is 11.7. The van der Waals surface area contributed by atoms with Crippen molar-refractivity contribution in [3.8, 4) is 0 Å². The molecule has 2 rings (SSSR count). The number of aromatic nitrogens is 1. The van der Waals surface area contributed by atoms with E-state index in [9.17, 15) is 4.79 Å². The third-order valence-electron chi connectivity index (χ3n) is 2.71. The molecule has 1 aliphatic rings. The van der Waals surface area contributed by atoms with E-state index < -0.39 is 0 Å². The van der Waals surface area contributed by atoms with Crippen molar-refractivity contribution in [2.24, 2.45) is 0 Å². The standard InChI is InChI=1S/C11H16N2O/c14-11(10-5-4-6-12-10)9-13-7-2-1-3-8-13/h4-6,12H,1-3,7-9H2. The van der Waals surface area contributed by atoms with Gasteiger partial charge in [-0.25, -0.2) is 0 Å². The predicted octanol–water partition coefficient (Wildman–Crippen LogP) is 1.68. The summed E-state index contributed by atoms with van der Waals surface area (Å²) in [5.74, 6) is 0.205. The summed E-state index contributed by atoms with van der Waals surface area (Å²) in [6, 6.07) is 3.70. The molecular formula is C11H16N2O. The second kappa shape index (κ2) is 4.42. The summed E-state index contributed by atoms with van der Waals surface area (Å²) >= 11 is 0. The van der Waals surface area contributed by atoms with Gasteiger partial charge in [-0.1, -0.05) is 6.42 Å². The fourth-order valence-corrected chi connectivity index (χ4v) is 1.91. The highest BCUT2D eigenvalue weighted by Crippen LogP contribution is 2.09. The molecule has 0 saturated carbocycles. The molecule has 3 nitrogen and oxygen atoms in total. The maximum absolute atomic E-state index is 11.7. The Hall–Kier alpha value is -1.09. The monoisotopic (exact) mass is 192 g/mol. The average Bonchev–Trinajstić information content (AvgIpc) is 2.72. The molecule has 1 N–H and O–H groups in total. The fraction of sp³-hybridized carbons (Fsp3) is 0.545. The number of Topliss-reactive ketones (excluding diaryl/α,β-unsaturated/α-hetero) is 1. The van der Waals surface area contributed by atoms with Gasteiger partial charge in [0.2, 0.25) is 0 Å². The van der Waals surface area contributed by atoms with Crippen LogP contribution in [0.2, 0.25) is 0 Å². The zero-order chi connectivity index (χ0) is 9.80. The quantitative estimate of drug-likeness (QED) is 0.740. The number of H-pyrrole nitrogens is 1. The van der Waals surface area contributed by atoms with E-state index >= 15 is 0 Å². The van der Waals surface area contributed by atoms with Gasteiger partial charge in [-0.3, -0.25) is 9.69 Å². The predicted molar refractivity (Wildman–Crippen MR) is 55.4 cm³/mol. The first-order chi connectivity index (χ1) is 6.86. The van der Waals surface area contributed by atoms with E-state index in [2.05, 4.69) is 9.88 Å². The zero-order valence-corrected chi connectivity index (χ0v) is 8.33. The second-order valence-electron chi connectivity index (χ2n) is 3.84. The minimum absolute atomic E-state index is 0.205. The lowest BCUT2D eigenvalue weighted by Crippen LogP contribution is -2.34. The molecule has 1 aliphatic heterocycles. The number of nitrogens with zero attached hydrogens (tertiary/aromatic N) is 1. The number of likely N-dealkylation sites (tertiary alicyclic amines) is 1. The third kappa shape index (κ3) is 2.23. The fourth-order valence-electron chi connectivity index (χ4n) is 1.91. The van der Waals surface area contributed by atoms with Gasteiger partial charge in [-0.15, -0.1) is 0 Å². The Morgan fingerprint density at radius 2 is 2.14 bits per heavy atom. The lowest BCUT2D eigenvalue weighted by molar-refractivity contribution is 0.0911. The average molecular weight is 192 g/mol. The van der Waals surface area contributed by atoms with Crippen LogP contribution >= 0.6 is 0 Å². The molecule has 3 heteroatoms. The van der Waals surface area contributed by atoms with Crippen LogP contribution < -0.4 is 0 Å². The van der Waals surface area contributed by atoms with Gasteiger partial charge in [0.05, 0.1) is 12.2 Å². The lowest BCUT2D eigenvalue weighted by Gasteiger charge is -2.25. The van der Waals surface area contributed by atoms with Crippen LogP contribution in [0.5, 0.6) is 0 Å². The van der Waals surface area contributed by atoms with Gasteiger partial charge in [0.1, 0.15) is 0 Å². The van der Waals surface area contributed by atoms with Crippen molar-refractivity contribution in [3.63, 3.8) is 0 Å². The molecule has 0 radical (unpaired) electrons. The number of hydrogen-bond donors (Lipinski definition) is 1. The smallest absolute Gasteiger partial charge is 0.192 e. The van der Waals surface area contributed by atoms with Crippen molar-refractivity contribution >= 4 is 5.78 Å². The van der Waals surface area contributed by atoms with Crippen LogP contribution in [-0.2, 0) is 0 Å². The van der Waals surface area contributed by atoms with E-state index in [0.717, 1.165) is 18.8 Å². The number of carbonyl (C=O) groups excluding carboxylic acids is 1. The minimum Gasteiger partial charge on any atom is -0.359 e. The molecule has 1 fully saturated rings. The van der Waals surface area contributed by atoms with E-state index in [1.165, 1.54) is 19.3 Å². The zero-order valence-electron chi connectivity index (χ0n) is 8.33. The van der Waals surface area contributed by atoms with E-state index in [1.54, 1.807) is 6.20 Å². The summed E-state index contributed by atoms with van der Waals surface area (Å²) in [4.78, 5) is 16.9. The van der Waals surface area contributed by atoms with Crippen LogP contribution in [0.15, 0.2) is 18.3 Å². The summed E-state index contributed by atoms with van der Waals surface area (Å²) in [5.41, 5.74) is 0.732. The highest BCUT2D eigenvalue weighted by molar-refractivity contribution is 5.95. The maximum Gasteiger partial charge on any atom is 0.192 e. The van der Waals surface area contributed by atoms with Gasteiger partial charge < -0.3 is 4.98 Å². The van der Waals surface area contributed by atoms with Gasteiger partial charge in [0.15, 0.2) is 5.78 Å². The molecule has 0 amide bonds. The highest BCUT2D eigenvalue weighted by Gasteiger charge is 2.15. The molecule has 0 spiro atoms. The van der Waals surface area contributed by atoms with Crippen LogP contribution in [0.1, 0.15) is 29.8 Å². The van der Waals surface area contributed by atoms with E-state index in [-0.39, 0.29) is 5.78 Å². The number of hydrogen-bond acceptors (Lipinski definition) is 2. The lowest BCUT2D eigenvalue weighted by atomic mass is 10.1. The van der Waals surface area contributed by atoms with Crippen molar-refractivity contribution in [1.29, 1.82) is 0 Å². The Balaban J connectivity index is 1.87. The van der Waals surface area contributed by atoms with E-state index in [4.69, 9.17) is 0 Å². The van der Waals surface area contributed by atoms with Gasteiger partial charge in [-0.2, -0.15) is 0 Å². The molecule has 0 aromatic carbocycles. The highest BCUT2D eigenvalue weighted by atomic mass is 16.1. The number of piperidine rings is 1. The third-order valence-corrected chi connectivity index (χ3v) is 2.71. The molecule has 1 saturated heterocycles. The first-order valence-electron chi connectivity index (χ1n) is 5.25. The number of ketones is 1. The number of carbonyl (C=O) groups is 1. The minimum atomic E-state index is 0.205. The second-order valence-corrected chi connectivity index (χ2v) is 3.84. The van der Waals surface area contributed by atoms with Gasteiger partial charge in [0.25, 0.3) is 0 Å². The van der Waals surface area contributed by atoms with Crippen LogP contribution in [0.25, 0.3) is 0 Å². The number of aromatic amines is 1. The van der Waals surface area contributed by atoms with Crippen LogP contribution in [0, 0.1) is 0 Å². The molecule has 0 unspecified atom stereocenters. The largest absolute Gasteiger partial charge is 0.359 e. The summed E-state index contributed by atoms with van der Waals surface area (Å²) in [6.07, 6.45) is 5.58. The van der Waals surface area contributed by atoms with Crippen molar-refractivity contribution in [1.82, 2.24) is 9.88 Å². The Bertz CT molecular complexity index is 286. The Kier molecular flexibility index (Phi) is 2.99. The van der Waals surface area contributed by atoms with Gasteiger partial charge >= 0.3 is 0 Å². The van der Waals surface area contributed by atoms with E-state index in [1.807, 2.05) is 12.1 Å². The van der Waals surface area contributed by atoms with Crippen LogP contribution in [-0.4, -0.2) is 35.3 Å². The van der Waals surface area contributed by atoms with Crippen molar-refractivity contribution in [3.05, 3.63) is 24.0 Å². The molecule has 2 heterocycles. The molecule has 0 aliphatic carbocycles. The molecular weight excluding hydrogens is 176 g/mol. The Labute approximate surface area is 84.1 Å². The number of nitrogens with one attached hydrogen (secondary N) is 1. The first-order valence-corrected chi connectivity index (χ1v) is 5.25. The first kappa shape index (κ1) is 9.46. The van der Waals surface area contributed by atoms with Gasteiger partial charge in [-0.05, 0) is 38.1 Å². The van der Waals surface area contributed by atoms with E-state index in [0.29, 0.717) is 6.54 Å². The molecule has 1 aromatic rings. The van der Waals surface area contributed by atoms with Crippen molar-refractivity contribution < 1.29 is 4.79 Å². The Morgan fingerprint density at radius 3 is 2.79 bits per heavy atom. The van der Waals surface area contributed by atoms with Crippen LogP contribution in [0.4, 0.5) is 0 Å². The van der Waals surface area contributed by atoms with Crippen LogP contribution in [0.3, 0.4) is 0 Å². The summed E-state index contributed by atoms with van der Waals surface area (Å²) in [5, 5.41) is 0. The molecule has 0 atom stereocenters. The SMILES string of the molecule is O=C(CN1CCCCC1)c1ccc[nH]1. The number of rotatable bonds is 3. The Morgan fingerprint density at radius 1 is 1.36 bits per heavy atom. The molecule has 14 heavy (non-hydrogen) atoms. The topological polar surface area (TPSA) is 36.1 Å². The van der Waals surface area contributed by atoms with Crippen molar-refractivity contribution in [2.75, 3.05) is 19.6 Å². The molecule has 1 aromatic heterocycles. The summed E-state index contributed by atoms with van der Waals surface area (Å²) < 4.78 is 0. The summed E-state index contributed by atoms with van der Waals surface area (Å²) in [6.45, 7) is 2.72. The normalized spacial score (nSPS) is 18.3. The van der Waals surface area contributed by atoms with Gasteiger partial charge in [0, 0.05) is 6.20 Å². The molecule has 76 valence electrons. The van der Waals surface area contributed by atoms with Crippen molar-refractivity contribution in [2.45, 2.75) is 19.3 Å².